The quantitative estimate of drug-likeness (QED) is 0.455. The van der Waals surface area contributed by atoms with E-state index < -0.39 is 0 Å². The van der Waals surface area contributed by atoms with Crippen LogP contribution < -0.4 is 0 Å². The van der Waals surface area contributed by atoms with Gasteiger partial charge in [-0.1, -0.05) is 43.7 Å². The van der Waals surface area contributed by atoms with Gasteiger partial charge in [0.05, 0.1) is 38.6 Å². The summed E-state index contributed by atoms with van der Waals surface area (Å²) in [7, 11) is 0. The summed E-state index contributed by atoms with van der Waals surface area (Å²) in [5.74, 6) is 0. The van der Waals surface area contributed by atoms with E-state index in [1.54, 1.807) is 0 Å². The lowest BCUT2D eigenvalue weighted by atomic mass is 9.90. The van der Waals surface area contributed by atoms with Crippen molar-refractivity contribution >= 4 is 0 Å². The van der Waals surface area contributed by atoms with Crippen molar-refractivity contribution in [3.63, 3.8) is 0 Å². The van der Waals surface area contributed by atoms with Crippen LogP contribution >= 0.6 is 0 Å². The Balaban J connectivity index is 2.43. The molecule has 0 aromatic heterocycles. The monoisotopic (exact) mass is 338 g/mol. The molecular formula is C20H34O4. The fourth-order valence-electron chi connectivity index (χ4n) is 2.85. The SMILES string of the molecule is CCCC(COCCOCCOCC)(Cc1ccccc1)OCC. The highest BCUT2D eigenvalue weighted by atomic mass is 16.6. The van der Waals surface area contributed by atoms with Gasteiger partial charge in [-0.15, -0.1) is 0 Å². The Labute approximate surface area is 147 Å². The highest BCUT2D eigenvalue weighted by Gasteiger charge is 2.30. The Morgan fingerprint density at radius 3 is 2.08 bits per heavy atom. The molecule has 0 bridgehead atoms. The van der Waals surface area contributed by atoms with E-state index in [0.29, 0.717) is 39.6 Å². The van der Waals surface area contributed by atoms with Crippen LogP contribution in [0.2, 0.25) is 0 Å². The predicted octanol–water partition coefficient (Wildman–Crippen LogP) is 3.87. The Bertz CT molecular complexity index is 388. The second kappa shape index (κ2) is 13.4. The minimum Gasteiger partial charge on any atom is -0.379 e. The summed E-state index contributed by atoms with van der Waals surface area (Å²) in [5.41, 5.74) is 1.03. The fraction of sp³-hybridized carbons (Fsp3) is 0.700. The Hall–Kier alpha value is -0.940. The van der Waals surface area contributed by atoms with Crippen LogP contribution in [0.15, 0.2) is 30.3 Å². The van der Waals surface area contributed by atoms with E-state index in [1.165, 1.54) is 5.56 Å². The lowest BCUT2D eigenvalue weighted by molar-refractivity contribution is -0.105. The van der Waals surface area contributed by atoms with Crippen LogP contribution in [-0.2, 0) is 25.4 Å². The molecule has 1 rings (SSSR count). The summed E-state index contributed by atoms with van der Waals surface area (Å²) in [4.78, 5) is 0. The van der Waals surface area contributed by atoms with Crippen LogP contribution in [0.5, 0.6) is 0 Å². The molecule has 0 N–H and O–H groups in total. The molecule has 138 valence electrons. The minimum atomic E-state index is -0.254. The van der Waals surface area contributed by atoms with Crippen molar-refractivity contribution in [1.82, 2.24) is 0 Å². The van der Waals surface area contributed by atoms with Gasteiger partial charge in [-0.2, -0.15) is 0 Å². The summed E-state index contributed by atoms with van der Waals surface area (Å²) in [6.07, 6.45) is 2.93. The molecule has 1 aromatic rings. The van der Waals surface area contributed by atoms with Crippen molar-refractivity contribution in [3.8, 4) is 0 Å². The van der Waals surface area contributed by atoms with Crippen molar-refractivity contribution in [2.45, 2.75) is 45.6 Å². The average molecular weight is 338 g/mol. The molecule has 0 saturated heterocycles. The first-order valence-electron chi connectivity index (χ1n) is 9.17. The average Bonchev–Trinajstić information content (AvgIpc) is 2.59. The van der Waals surface area contributed by atoms with Crippen molar-refractivity contribution in [2.75, 3.05) is 46.2 Å². The van der Waals surface area contributed by atoms with E-state index in [1.807, 2.05) is 19.9 Å². The third kappa shape index (κ3) is 8.78. The number of ether oxygens (including phenoxy) is 4. The van der Waals surface area contributed by atoms with E-state index >= 15 is 0 Å². The van der Waals surface area contributed by atoms with E-state index in [-0.39, 0.29) is 5.60 Å². The first kappa shape index (κ1) is 21.1. The van der Waals surface area contributed by atoms with Gasteiger partial charge in [-0.3, -0.25) is 0 Å². The standard InChI is InChI=1S/C20H34O4/c1-4-12-20(24-6-3,17-19-10-8-7-9-11-19)18-23-16-15-22-14-13-21-5-2/h7-11H,4-6,12-18H2,1-3H3. The van der Waals surface area contributed by atoms with Gasteiger partial charge < -0.3 is 18.9 Å². The molecule has 1 unspecified atom stereocenters. The topological polar surface area (TPSA) is 36.9 Å². The number of hydrogen-bond acceptors (Lipinski definition) is 4. The zero-order valence-corrected chi connectivity index (χ0v) is 15.6. The summed E-state index contributed by atoms with van der Waals surface area (Å²) >= 11 is 0. The van der Waals surface area contributed by atoms with Crippen molar-refractivity contribution < 1.29 is 18.9 Å². The molecule has 0 aliphatic rings. The van der Waals surface area contributed by atoms with Gasteiger partial charge in [0.25, 0.3) is 0 Å². The highest BCUT2D eigenvalue weighted by Crippen LogP contribution is 2.24. The Morgan fingerprint density at radius 2 is 1.46 bits per heavy atom. The maximum absolute atomic E-state index is 6.15. The molecule has 0 aliphatic carbocycles. The maximum atomic E-state index is 6.15. The third-order valence-electron chi connectivity index (χ3n) is 3.84. The summed E-state index contributed by atoms with van der Waals surface area (Å²) < 4.78 is 22.8. The maximum Gasteiger partial charge on any atom is 0.0954 e. The first-order chi connectivity index (χ1) is 11.8. The van der Waals surface area contributed by atoms with E-state index in [4.69, 9.17) is 18.9 Å². The van der Waals surface area contributed by atoms with Gasteiger partial charge in [0.15, 0.2) is 0 Å². The molecule has 24 heavy (non-hydrogen) atoms. The number of benzene rings is 1. The zero-order chi connectivity index (χ0) is 17.5. The summed E-state index contributed by atoms with van der Waals surface area (Å²) in [6, 6.07) is 10.5. The van der Waals surface area contributed by atoms with E-state index in [0.717, 1.165) is 25.9 Å². The van der Waals surface area contributed by atoms with Crippen LogP contribution in [-0.4, -0.2) is 51.8 Å². The van der Waals surface area contributed by atoms with E-state index in [2.05, 4.69) is 31.2 Å². The Morgan fingerprint density at radius 1 is 0.792 bits per heavy atom. The molecule has 1 atom stereocenters. The molecule has 1 aromatic carbocycles. The van der Waals surface area contributed by atoms with Crippen LogP contribution in [0.25, 0.3) is 0 Å². The largest absolute Gasteiger partial charge is 0.379 e. The van der Waals surface area contributed by atoms with Crippen LogP contribution in [0, 0.1) is 0 Å². The van der Waals surface area contributed by atoms with Gasteiger partial charge in [0.2, 0.25) is 0 Å². The third-order valence-corrected chi connectivity index (χ3v) is 3.84. The Kier molecular flexibility index (Phi) is 11.7. The normalized spacial score (nSPS) is 13.8. The lowest BCUT2D eigenvalue weighted by Gasteiger charge is -2.33. The molecule has 0 amide bonds. The molecule has 4 heteroatoms. The zero-order valence-electron chi connectivity index (χ0n) is 15.6. The van der Waals surface area contributed by atoms with Crippen molar-refractivity contribution in [2.24, 2.45) is 0 Å². The van der Waals surface area contributed by atoms with Gasteiger partial charge in [0.1, 0.15) is 0 Å². The molecule has 0 spiro atoms. The fourth-order valence-corrected chi connectivity index (χ4v) is 2.85. The van der Waals surface area contributed by atoms with Crippen LogP contribution in [0.4, 0.5) is 0 Å². The van der Waals surface area contributed by atoms with Crippen LogP contribution in [0.1, 0.15) is 39.2 Å². The summed E-state index contributed by atoms with van der Waals surface area (Å²) in [5, 5.41) is 0. The molecule has 0 aliphatic heterocycles. The second-order valence-corrected chi connectivity index (χ2v) is 5.89. The van der Waals surface area contributed by atoms with E-state index in [9.17, 15) is 0 Å². The van der Waals surface area contributed by atoms with Gasteiger partial charge in [-0.05, 0) is 25.8 Å². The number of rotatable bonds is 15. The van der Waals surface area contributed by atoms with Gasteiger partial charge in [-0.25, -0.2) is 0 Å². The predicted molar refractivity (Wildman–Crippen MR) is 97.5 cm³/mol. The molecule has 0 radical (unpaired) electrons. The second-order valence-electron chi connectivity index (χ2n) is 5.89. The molecule has 0 fully saturated rings. The van der Waals surface area contributed by atoms with Crippen molar-refractivity contribution in [3.05, 3.63) is 35.9 Å². The molecule has 0 heterocycles. The van der Waals surface area contributed by atoms with Crippen molar-refractivity contribution in [1.29, 1.82) is 0 Å². The molecule has 0 saturated carbocycles. The smallest absolute Gasteiger partial charge is 0.0954 e. The summed E-state index contributed by atoms with van der Waals surface area (Å²) in [6.45, 7) is 10.7. The number of hydrogen-bond donors (Lipinski definition) is 0. The lowest BCUT2D eigenvalue weighted by Crippen LogP contribution is -2.40. The highest BCUT2D eigenvalue weighted by molar-refractivity contribution is 5.17. The van der Waals surface area contributed by atoms with Gasteiger partial charge >= 0.3 is 0 Å². The molecular weight excluding hydrogens is 304 g/mol. The first-order valence-corrected chi connectivity index (χ1v) is 9.17. The molecule has 4 nitrogen and oxygen atoms in total. The van der Waals surface area contributed by atoms with Crippen LogP contribution in [0.3, 0.4) is 0 Å². The van der Waals surface area contributed by atoms with Gasteiger partial charge in [0, 0.05) is 19.6 Å². The minimum absolute atomic E-state index is 0.254.